The van der Waals surface area contributed by atoms with Crippen LogP contribution in [0.4, 0.5) is 0 Å². The molecule has 0 N–H and O–H groups in total. The van der Waals surface area contributed by atoms with Crippen LogP contribution in [0.25, 0.3) is 0 Å². The second kappa shape index (κ2) is 5.30. The molecule has 2 rings (SSSR count). The molecule has 5 nitrogen and oxygen atoms in total. The van der Waals surface area contributed by atoms with E-state index < -0.39 is 5.92 Å². The molecule has 0 spiro atoms. The minimum Gasteiger partial charge on any atom is -0.493 e. The van der Waals surface area contributed by atoms with E-state index in [1.807, 2.05) is 0 Å². The standard InChI is InChI=1S/C14H16O5/c1-17-12-6-8-4-9(14(16)19-3)5-11(15)10(8)7-13(12)18-2/h6-7,9H,4-5H2,1-3H3. The third-order valence-electron chi connectivity index (χ3n) is 3.34. The summed E-state index contributed by atoms with van der Waals surface area (Å²) in [6, 6.07) is 3.42. The van der Waals surface area contributed by atoms with Gasteiger partial charge in [-0.15, -0.1) is 0 Å². The fourth-order valence-corrected chi connectivity index (χ4v) is 2.35. The Morgan fingerprint density at radius 2 is 1.74 bits per heavy atom. The largest absolute Gasteiger partial charge is 0.493 e. The Morgan fingerprint density at radius 1 is 1.11 bits per heavy atom. The van der Waals surface area contributed by atoms with Gasteiger partial charge in [-0.05, 0) is 24.1 Å². The van der Waals surface area contributed by atoms with E-state index in [2.05, 4.69) is 0 Å². The van der Waals surface area contributed by atoms with Gasteiger partial charge in [0.05, 0.1) is 27.2 Å². The Hall–Kier alpha value is -2.04. The second-order valence-electron chi connectivity index (χ2n) is 4.42. The number of rotatable bonds is 3. The minimum atomic E-state index is -0.414. The van der Waals surface area contributed by atoms with Crippen LogP contribution in [-0.4, -0.2) is 33.1 Å². The third-order valence-corrected chi connectivity index (χ3v) is 3.34. The van der Waals surface area contributed by atoms with Crippen LogP contribution in [0.3, 0.4) is 0 Å². The average Bonchev–Trinajstić information content (AvgIpc) is 2.44. The van der Waals surface area contributed by atoms with E-state index in [9.17, 15) is 9.59 Å². The zero-order chi connectivity index (χ0) is 14.0. The monoisotopic (exact) mass is 264 g/mol. The molecule has 1 aromatic carbocycles. The van der Waals surface area contributed by atoms with Gasteiger partial charge in [0.25, 0.3) is 0 Å². The first-order valence-corrected chi connectivity index (χ1v) is 5.96. The number of fused-ring (bicyclic) bond motifs is 1. The predicted octanol–water partition coefficient (Wildman–Crippen LogP) is 1.62. The van der Waals surface area contributed by atoms with Crippen molar-refractivity contribution < 1.29 is 23.8 Å². The molecule has 19 heavy (non-hydrogen) atoms. The van der Waals surface area contributed by atoms with Crippen LogP contribution in [0.5, 0.6) is 11.5 Å². The Kier molecular flexibility index (Phi) is 3.74. The predicted molar refractivity (Wildman–Crippen MR) is 67.7 cm³/mol. The smallest absolute Gasteiger partial charge is 0.309 e. The molecule has 0 saturated heterocycles. The molecule has 0 aromatic heterocycles. The normalized spacial score (nSPS) is 17.6. The Balaban J connectivity index is 2.41. The molecule has 0 saturated carbocycles. The maximum absolute atomic E-state index is 12.1. The summed E-state index contributed by atoms with van der Waals surface area (Å²) in [4.78, 5) is 23.6. The number of carbonyl (C=O) groups is 2. The summed E-state index contributed by atoms with van der Waals surface area (Å²) in [5.41, 5.74) is 1.39. The average molecular weight is 264 g/mol. The molecule has 5 heteroatoms. The van der Waals surface area contributed by atoms with Crippen molar-refractivity contribution in [2.45, 2.75) is 12.8 Å². The number of carbonyl (C=O) groups excluding carboxylic acids is 2. The summed E-state index contributed by atoms with van der Waals surface area (Å²) in [6.45, 7) is 0. The van der Waals surface area contributed by atoms with E-state index in [1.54, 1.807) is 12.1 Å². The van der Waals surface area contributed by atoms with Crippen LogP contribution in [0, 0.1) is 5.92 Å². The molecular formula is C14H16O5. The van der Waals surface area contributed by atoms with Crippen molar-refractivity contribution in [1.82, 2.24) is 0 Å². The van der Waals surface area contributed by atoms with E-state index in [1.165, 1.54) is 21.3 Å². The van der Waals surface area contributed by atoms with Crippen LogP contribution in [0.15, 0.2) is 12.1 Å². The summed E-state index contributed by atoms with van der Waals surface area (Å²) >= 11 is 0. The first kappa shape index (κ1) is 13.4. The van der Waals surface area contributed by atoms with Gasteiger partial charge < -0.3 is 14.2 Å². The van der Waals surface area contributed by atoms with E-state index in [0.29, 0.717) is 23.5 Å². The van der Waals surface area contributed by atoms with Crippen LogP contribution in [0.2, 0.25) is 0 Å². The Bertz CT molecular complexity index is 521. The molecule has 0 bridgehead atoms. The van der Waals surface area contributed by atoms with Gasteiger partial charge >= 0.3 is 5.97 Å². The fourth-order valence-electron chi connectivity index (χ4n) is 2.35. The first-order chi connectivity index (χ1) is 9.10. The summed E-state index contributed by atoms with van der Waals surface area (Å²) in [5, 5.41) is 0. The van der Waals surface area contributed by atoms with Gasteiger partial charge in [-0.3, -0.25) is 9.59 Å². The lowest BCUT2D eigenvalue weighted by molar-refractivity contribution is -0.145. The number of hydrogen-bond acceptors (Lipinski definition) is 5. The van der Waals surface area contributed by atoms with E-state index >= 15 is 0 Å². The van der Waals surface area contributed by atoms with E-state index in [0.717, 1.165) is 5.56 Å². The summed E-state index contributed by atoms with van der Waals surface area (Å²) in [5.74, 6) is 0.236. The summed E-state index contributed by atoms with van der Waals surface area (Å²) < 4.78 is 15.1. The SMILES string of the molecule is COC(=O)C1CC(=O)c2cc(OC)c(OC)cc2C1. The molecule has 0 aliphatic heterocycles. The zero-order valence-electron chi connectivity index (χ0n) is 11.2. The molecular weight excluding hydrogens is 248 g/mol. The minimum absolute atomic E-state index is 0.0717. The number of ketones is 1. The quantitative estimate of drug-likeness (QED) is 0.776. The number of esters is 1. The highest BCUT2D eigenvalue weighted by molar-refractivity contribution is 6.01. The lowest BCUT2D eigenvalue weighted by Crippen LogP contribution is -2.27. The number of Topliss-reactive ketones (excluding diaryl/α,β-unsaturated/α-hetero) is 1. The zero-order valence-corrected chi connectivity index (χ0v) is 11.2. The third kappa shape index (κ3) is 2.41. The van der Waals surface area contributed by atoms with Crippen molar-refractivity contribution in [3.63, 3.8) is 0 Å². The Labute approximate surface area is 111 Å². The highest BCUT2D eigenvalue weighted by Gasteiger charge is 2.31. The lowest BCUT2D eigenvalue weighted by Gasteiger charge is -2.23. The fraction of sp³-hybridized carbons (Fsp3) is 0.429. The van der Waals surface area contributed by atoms with Crippen molar-refractivity contribution >= 4 is 11.8 Å². The summed E-state index contributed by atoms with van der Waals surface area (Å²) in [6.07, 6.45) is 0.656. The van der Waals surface area contributed by atoms with Gasteiger partial charge in [0, 0.05) is 12.0 Å². The maximum atomic E-state index is 12.1. The van der Waals surface area contributed by atoms with Crippen molar-refractivity contribution in [2.75, 3.05) is 21.3 Å². The number of benzene rings is 1. The highest BCUT2D eigenvalue weighted by Crippen LogP contribution is 2.35. The van der Waals surface area contributed by atoms with E-state index in [-0.39, 0.29) is 18.2 Å². The number of hydrogen-bond donors (Lipinski definition) is 0. The molecule has 1 unspecified atom stereocenters. The van der Waals surface area contributed by atoms with Gasteiger partial charge in [0.2, 0.25) is 0 Å². The molecule has 0 radical (unpaired) electrons. The first-order valence-electron chi connectivity index (χ1n) is 5.96. The molecule has 1 aromatic rings. The van der Waals surface area contributed by atoms with Gasteiger partial charge in [0.1, 0.15) is 0 Å². The maximum Gasteiger partial charge on any atom is 0.309 e. The van der Waals surface area contributed by atoms with Crippen LogP contribution in [0.1, 0.15) is 22.3 Å². The van der Waals surface area contributed by atoms with Gasteiger partial charge in [-0.1, -0.05) is 0 Å². The molecule has 0 heterocycles. The molecule has 1 aliphatic carbocycles. The van der Waals surface area contributed by atoms with Crippen molar-refractivity contribution in [3.8, 4) is 11.5 Å². The molecule has 1 atom stereocenters. The van der Waals surface area contributed by atoms with Crippen molar-refractivity contribution in [2.24, 2.45) is 5.92 Å². The molecule has 0 amide bonds. The van der Waals surface area contributed by atoms with E-state index in [4.69, 9.17) is 14.2 Å². The molecule has 0 fully saturated rings. The Morgan fingerprint density at radius 3 is 2.32 bits per heavy atom. The number of ether oxygens (including phenoxy) is 3. The van der Waals surface area contributed by atoms with Gasteiger partial charge in [-0.25, -0.2) is 0 Å². The van der Waals surface area contributed by atoms with Gasteiger partial charge in [0.15, 0.2) is 17.3 Å². The number of methoxy groups -OCH3 is 3. The topological polar surface area (TPSA) is 61.8 Å². The molecule has 102 valence electrons. The highest BCUT2D eigenvalue weighted by atomic mass is 16.5. The lowest BCUT2D eigenvalue weighted by atomic mass is 9.83. The van der Waals surface area contributed by atoms with Crippen LogP contribution in [-0.2, 0) is 16.0 Å². The van der Waals surface area contributed by atoms with Crippen molar-refractivity contribution in [3.05, 3.63) is 23.3 Å². The second-order valence-corrected chi connectivity index (χ2v) is 4.42. The van der Waals surface area contributed by atoms with Crippen molar-refractivity contribution in [1.29, 1.82) is 0 Å². The summed E-state index contributed by atoms with van der Waals surface area (Å²) in [7, 11) is 4.39. The van der Waals surface area contributed by atoms with Gasteiger partial charge in [-0.2, -0.15) is 0 Å². The molecule has 1 aliphatic rings. The van der Waals surface area contributed by atoms with Crippen LogP contribution >= 0.6 is 0 Å². The van der Waals surface area contributed by atoms with Crippen LogP contribution < -0.4 is 9.47 Å².